The first-order chi connectivity index (χ1) is 12.9. The molecule has 0 atom stereocenters. The van der Waals surface area contributed by atoms with Crippen LogP contribution in [0.3, 0.4) is 0 Å². The number of anilines is 3. The van der Waals surface area contributed by atoms with Gasteiger partial charge < -0.3 is 15.1 Å². The number of aryl methyl sites for hydroxylation is 1. The number of rotatable bonds is 6. The molecule has 9 nitrogen and oxygen atoms in total. The molecule has 0 saturated heterocycles. The minimum Gasteiger partial charge on any atom is -0.348 e. The minimum atomic E-state index is -0.108. The Morgan fingerprint density at radius 3 is 2.52 bits per heavy atom. The van der Waals surface area contributed by atoms with E-state index in [4.69, 9.17) is 0 Å². The van der Waals surface area contributed by atoms with Crippen molar-refractivity contribution in [3.05, 3.63) is 29.8 Å². The van der Waals surface area contributed by atoms with Gasteiger partial charge in [0.25, 0.3) is 5.78 Å². The summed E-state index contributed by atoms with van der Waals surface area (Å²) in [4.78, 5) is 25.0. The molecular weight excluding hydrogens is 364 g/mol. The van der Waals surface area contributed by atoms with Crippen LogP contribution in [0.1, 0.15) is 5.56 Å². The van der Waals surface area contributed by atoms with E-state index in [1.54, 1.807) is 4.40 Å². The highest BCUT2D eigenvalue weighted by atomic mass is 32.2. The molecule has 10 heteroatoms. The van der Waals surface area contributed by atoms with E-state index in [0.717, 1.165) is 11.3 Å². The molecule has 142 valence electrons. The number of hydrogen-bond donors (Lipinski definition) is 1. The van der Waals surface area contributed by atoms with Gasteiger partial charge in [0.15, 0.2) is 5.16 Å². The zero-order valence-corrected chi connectivity index (χ0v) is 16.8. The number of amides is 1. The normalized spacial score (nSPS) is 10.9. The van der Waals surface area contributed by atoms with Crippen LogP contribution in [0.4, 0.5) is 17.6 Å². The molecule has 1 aromatic carbocycles. The van der Waals surface area contributed by atoms with Crippen LogP contribution in [0.5, 0.6) is 0 Å². The van der Waals surface area contributed by atoms with Crippen LogP contribution < -0.4 is 15.1 Å². The van der Waals surface area contributed by atoms with Crippen LogP contribution >= 0.6 is 11.8 Å². The third-order valence-electron chi connectivity index (χ3n) is 3.77. The molecule has 2 heterocycles. The van der Waals surface area contributed by atoms with E-state index in [-0.39, 0.29) is 11.7 Å². The van der Waals surface area contributed by atoms with Gasteiger partial charge in [-0.1, -0.05) is 30.0 Å². The Hall–Kier alpha value is -2.88. The van der Waals surface area contributed by atoms with Crippen molar-refractivity contribution >= 4 is 41.0 Å². The van der Waals surface area contributed by atoms with Gasteiger partial charge >= 0.3 is 0 Å². The molecule has 0 radical (unpaired) electrons. The van der Waals surface area contributed by atoms with E-state index >= 15 is 0 Å². The van der Waals surface area contributed by atoms with E-state index in [1.807, 2.05) is 69.2 Å². The smallest absolute Gasteiger partial charge is 0.261 e. The van der Waals surface area contributed by atoms with Gasteiger partial charge in [0, 0.05) is 33.9 Å². The number of aromatic nitrogens is 5. The lowest BCUT2D eigenvalue weighted by molar-refractivity contribution is -0.113. The van der Waals surface area contributed by atoms with Gasteiger partial charge in [-0.15, -0.1) is 10.2 Å². The van der Waals surface area contributed by atoms with Crippen LogP contribution in [-0.2, 0) is 4.79 Å². The topological polar surface area (TPSA) is 91.5 Å². The molecule has 2 aromatic heterocycles. The van der Waals surface area contributed by atoms with E-state index in [0.29, 0.717) is 22.8 Å². The fourth-order valence-corrected chi connectivity index (χ4v) is 3.11. The van der Waals surface area contributed by atoms with Crippen molar-refractivity contribution in [1.29, 1.82) is 0 Å². The summed E-state index contributed by atoms with van der Waals surface area (Å²) in [5.74, 6) is 1.74. The molecule has 0 bridgehead atoms. The lowest BCUT2D eigenvalue weighted by Crippen LogP contribution is -2.21. The Morgan fingerprint density at radius 2 is 1.85 bits per heavy atom. The van der Waals surface area contributed by atoms with Crippen LogP contribution in [0.25, 0.3) is 5.78 Å². The molecule has 0 aliphatic carbocycles. The Labute approximate surface area is 161 Å². The summed E-state index contributed by atoms with van der Waals surface area (Å²) in [6.45, 7) is 1.96. The second-order valence-corrected chi connectivity index (χ2v) is 7.32. The van der Waals surface area contributed by atoms with Crippen molar-refractivity contribution in [2.45, 2.75) is 12.1 Å². The number of nitrogens with zero attached hydrogens (tertiary/aromatic N) is 7. The maximum atomic E-state index is 12.3. The molecule has 0 fully saturated rings. The summed E-state index contributed by atoms with van der Waals surface area (Å²) in [6.07, 6.45) is 0. The summed E-state index contributed by atoms with van der Waals surface area (Å²) in [6, 6.07) is 7.67. The lowest BCUT2D eigenvalue weighted by atomic mass is 10.2. The summed E-state index contributed by atoms with van der Waals surface area (Å²) in [5, 5.41) is 11.8. The third-order valence-corrected chi connectivity index (χ3v) is 4.70. The molecule has 0 unspecified atom stereocenters. The number of thioether (sulfide) groups is 1. The highest BCUT2D eigenvalue weighted by molar-refractivity contribution is 7.99. The minimum absolute atomic E-state index is 0.108. The first-order valence-corrected chi connectivity index (χ1v) is 9.31. The Bertz CT molecular complexity index is 969. The van der Waals surface area contributed by atoms with Crippen molar-refractivity contribution in [3.63, 3.8) is 0 Å². The van der Waals surface area contributed by atoms with Crippen LogP contribution in [-0.4, -0.2) is 64.4 Å². The molecule has 1 amide bonds. The maximum Gasteiger partial charge on any atom is 0.261 e. The van der Waals surface area contributed by atoms with Gasteiger partial charge in [-0.25, -0.2) is 4.40 Å². The molecule has 27 heavy (non-hydrogen) atoms. The first kappa shape index (κ1) is 18.9. The summed E-state index contributed by atoms with van der Waals surface area (Å²) in [5.41, 5.74) is 1.82. The summed E-state index contributed by atoms with van der Waals surface area (Å²) in [7, 11) is 7.52. The highest BCUT2D eigenvalue weighted by Gasteiger charge is 2.18. The monoisotopic (exact) mass is 386 g/mol. The van der Waals surface area contributed by atoms with Crippen molar-refractivity contribution in [2.75, 3.05) is 49.1 Å². The SMILES string of the molecule is Cc1ccccc1NC(=O)CSc1nnc2nc(N(C)C)nc(N(C)C)n12. The van der Waals surface area contributed by atoms with Gasteiger partial charge in [0.2, 0.25) is 17.8 Å². The van der Waals surface area contributed by atoms with E-state index < -0.39 is 0 Å². The zero-order valence-electron chi connectivity index (χ0n) is 16.0. The Balaban J connectivity index is 1.81. The van der Waals surface area contributed by atoms with Crippen molar-refractivity contribution in [1.82, 2.24) is 24.6 Å². The number of nitrogens with one attached hydrogen (secondary N) is 1. The number of benzene rings is 1. The lowest BCUT2D eigenvalue weighted by Gasteiger charge is -2.17. The Kier molecular flexibility index (Phi) is 5.45. The number of carbonyl (C=O) groups is 1. The highest BCUT2D eigenvalue weighted by Crippen LogP contribution is 2.23. The fraction of sp³-hybridized carbons (Fsp3) is 0.353. The van der Waals surface area contributed by atoms with Crippen LogP contribution in [0.2, 0.25) is 0 Å². The van der Waals surface area contributed by atoms with Crippen molar-refractivity contribution < 1.29 is 4.79 Å². The van der Waals surface area contributed by atoms with Crippen molar-refractivity contribution in [3.8, 4) is 0 Å². The zero-order chi connectivity index (χ0) is 19.6. The fourth-order valence-electron chi connectivity index (χ4n) is 2.39. The number of para-hydroxylation sites is 1. The molecule has 3 rings (SSSR count). The average Bonchev–Trinajstić information content (AvgIpc) is 3.04. The van der Waals surface area contributed by atoms with Gasteiger partial charge in [0.05, 0.1) is 5.75 Å². The van der Waals surface area contributed by atoms with E-state index in [2.05, 4.69) is 25.5 Å². The number of carbonyl (C=O) groups excluding carboxylic acids is 1. The molecule has 0 spiro atoms. The Morgan fingerprint density at radius 1 is 1.11 bits per heavy atom. The van der Waals surface area contributed by atoms with Crippen molar-refractivity contribution in [2.24, 2.45) is 0 Å². The number of fused-ring (bicyclic) bond motifs is 1. The second-order valence-electron chi connectivity index (χ2n) is 6.38. The molecule has 3 aromatic rings. The van der Waals surface area contributed by atoms with Gasteiger partial charge in [-0.05, 0) is 18.6 Å². The van der Waals surface area contributed by atoms with Gasteiger partial charge in [-0.2, -0.15) is 9.97 Å². The predicted octanol–water partition coefficient (Wildman–Crippen LogP) is 1.69. The number of hydrogen-bond acceptors (Lipinski definition) is 8. The third kappa shape index (κ3) is 4.11. The molecular formula is C17H22N8OS. The van der Waals surface area contributed by atoms with E-state index in [9.17, 15) is 4.79 Å². The first-order valence-electron chi connectivity index (χ1n) is 8.33. The van der Waals surface area contributed by atoms with Gasteiger partial charge in [0.1, 0.15) is 0 Å². The predicted molar refractivity (Wildman–Crippen MR) is 108 cm³/mol. The summed E-state index contributed by atoms with van der Waals surface area (Å²) < 4.78 is 1.75. The van der Waals surface area contributed by atoms with Crippen LogP contribution in [0.15, 0.2) is 29.4 Å². The average molecular weight is 386 g/mol. The summed E-state index contributed by atoms with van der Waals surface area (Å²) >= 11 is 1.29. The van der Waals surface area contributed by atoms with Crippen LogP contribution in [0, 0.1) is 6.92 Å². The second kappa shape index (κ2) is 7.78. The van der Waals surface area contributed by atoms with E-state index in [1.165, 1.54) is 11.8 Å². The molecule has 0 aliphatic heterocycles. The van der Waals surface area contributed by atoms with Gasteiger partial charge in [-0.3, -0.25) is 4.79 Å². The molecule has 0 saturated carbocycles. The maximum absolute atomic E-state index is 12.3. The molecule has 0 aliphatic rings. The quantitative estimate of drug-likeness (QED) is 0.640. The largest absolute Gasteiger partial charge is 0.348 e. The molecule has 1 N–H and O–H groups in total. The standard InChI is InChI=1S/C17H22N8OS/c1-11-8-6-7-9-12(11)18-13(26)10-27-17-22-21-15-19-14(23(2)3)20-16(24(4)5)25(15)17/h6-9H,10H2,1-5H3,(H,18,26).